The average molecular weight is 510 g/mol. The molecule has 0 spiro atoms. The van der Waals surface area contributed by atoms with Gasteiger partial charge in [-0.3, -0.25) is 10.1 Å². The Morgan fingerprint density at radius 2 is 1.69 bits per heavy atom. The Kier molecular flexibility index (Phi) is 6.18. The maximum absolute atomic E-state index is 13.2. The normalized spacial score (nSPS) is 13.9. The van der Waals surface area contributed by atoms with Gasteiger partial charge in [-0.2, -0.15) is 4.31 Å². The van der Waals surface area contributed by atoms with Crippen LogP contribution in [0.3, 0.4) is 0 Å². The van der Waals surface area contributed by atoms with E-state index in [0.717, 1.165) is 10.3 Å². The molecule has 2 heterocycles. The van der Waals surface area contributed by atoms with Crippen LogP contribution in [0.5, 0.6) is 11.5 Å². The lowest BCUT2D eigenvalue weighted by atomic mass is 10.0. The third kappa shape index (κ3) is 4.47. The second kappa shape index (κ2) is 9.29. The van der Waals surface area contributed by atoms with Crippen molar-refractivity contribution >= 4 is 42.6 Å². The fourth-order valence-corrected chi connectivity index (χ4v) is 6.37. The van der Waals surface area contributed by atoms with Crippen LogP contribution in [0.15, 0.2) is 65.6 Å². The van der Waals surface area contributed by atoms with Crippen LogP contribution < -0.4 is 14.8 Å². The molecule has 0 aliphatic carbocycles. The molecule has 0 radical (unpaired) electrons. The highest BCUT2D eigenvalue weighted by Crippen LogP contribution is 2.36. The summed E-state index contributed by atoms with van der Waals surface area (Å²) in [5.74, 6) is 0.756. The molecule has 0 atom stereocenters. The molecule has 10 heteroatoms. The Morgan fingerprint density at radius 3 is 2.40 bits per heavy atom. The molecule has 0 fully saturated rings. The Balaban J connectivity index is 1.32. The molecule has 180 valence electrons. The molecule has 0 saturated heterocycles. The van der Waals surface area contributed by atoms with Crippen molar-refractivity contribution in [3.63, 3.8) is 0 Å². The first kappa shape index (κ1) is 23.3. The number of hydrogen-bond acceptors (Lipinski definition) is 7. The van der Waals surface area contributed by atoms with Gasteiger partial charge >= 0.3 is 0 Å². The molecule has 3 aromatic carbocycles. The highest BCUT2D eigenvalue weighted by Gasteiger charge is 2.28. The molecule has 5 rings (SSSR count). The number of aromatic nitrogens is 1. The predicted octanol–water partition coefficient (Wildman–Crippen LogP) is 4.31. The average Bonchev–Trinajstić information content (AvgIpc) is 3.28. The van der Waals surface area contributed by atoms with Crippen molar-refractivity contribution in [3.05, 3.63) is 77.4 Å². The Morgan fingerprint density at radius 1 is 1.00 bits per heavy atom. The molecule has 0 unspecified atom stereocenters. The highest BCUT2D eigenvalue weighted by molar-refractivity contribution is 7.89. The number of amides is 1. The van der Waals surface area contributed by atoms with Crippen LogP contribution in [-0.2, 0) is 23.0 Å². The summed E-state index contributed by atoms with van der Waals surface area (Å²) in [7, 11) is -0.564. The summed E-state index contributed by atoms with van der Waals surface area (Å²) >= 11 is 1.31. The van der Waals surface area contributed by atoms with E-state index in [1.807, 2.05) is 24.3 Å². The van der Waals surface area contributed by atoms with E-state index in [1.165, 1.54) is 45.5 Å². The van der Waals surface area contributed by atoms with Gasteiger partial charge in [0.15, 0.2) is 16.6 Å². The minimum absolute atomic E-state index is 0.160. The van der Waals surface area contributed by atoms with Crippen LogP contribution in [0.1, 0.15) is 21.5 Å². The van der Waals surface area contributed by atoms with Crippen molar-refractivity contribution < 1.29 is 22.7 Å². The number of benzene rings is 3. The van der Waals surface area contributed by atoms with Crippen LogP contribution in [0.4, 0.5) is 5.13 Å². The lowest BCUT2D eigenvalue weighted by Crippen LogP contribution is -2.35. The number of ether oxygens (including phenoxy) is 2. The van der Waals surface area contributed by atoms with Gasteiger partial charge in [-0.25, -0.2) is 13.4 Å². The van der Waals surface area contributed by atoms with E-state index in [4.69, 9.17) is 9.47 Å². The first-order valence-corrected chi connectivity index (χ1v) is 13.2. The van der Waals surface area contributed by atoms with E-state index in [2.05, 4.69) is 10.3 Å². The first-order chi connectivity index (χ1) is 16.9. The quantitative estimate of drug-likeness (QED) is 0.416. The number of carbonyl (C=O) groups excluding carboxylic acids is 1. The molecule has 35 heavy (non-hydrogen) atoms. The van der Waals surface area contributed by atoms with Crippen molar-refractivity contribution in [2.75, 3.05) is 26.1 Å². The molecule has 1 aromatic heterocycles. The standard InChI is InChI=1S/C25H23N3O5S2/c1-32-21-13-20-23(14-22(21)33-2)34-25(26-20)27-24(29)17-7-9-19(10-8-17)35(30,31)28-12-11-16-5-3-4-6-18(16)15-28/h3-10,13-14H,11-12,15H2,1-2H3,(H,26,27,29). The molecule has 8 nitrogen and oxygen atoms in total. The van der Waals surface area contributed by atoms with Crippen molar-refractivity contribution in [2.45, 2.75) is 17.9 Å². The van der Waals surface area contributed by atoms with E-state index in [9.17, 15) is 13.2 Å². The lowest BCUT2D eigenvalue weighted by Gasteiger charge is -2.28. The molecule has 1 N–H and O–H groups in total. The molecule has 0 bridgehead atoms. The van der Waals surface area contributed by atoms with Gasteiger partial charge in [-0.15, -0.1) is 0 Å². The van der Waals surface area contributed by atoms with Crippen molar-refractivity contribution in [1.82, 2.24) is 9.29 Å². The van der Waals surface area contributed by atoms with Gasteiger partial charge in [-0.1, -0.05) is 35.6 Å². The van der Waals surface area contributed by atoms with Crippen LogP contribution in [0, 0.1) is 0 Å². The Hall–Kier alpha value is -3.47. The maximum Gasteiger partial charge on any atom is 0.257 e. The van der Waals surface area contributed by atoms with Crippen LogP contribution in [-0.4, -0.2) is 44.4 Å². The van der Waals surface area contributed by atoms with Crippen molar-refractivity contribution in [2.24, 2.45) is 0 Å². The fraction of sp³-hybridized carbons (Fsp3) is 0.200. The minimum atomic E-state index is -3.67. The third-order valence-corrected chi connectivity index (χ3v) is 8.76. The summed E-state index contributed by atoms with van der Waals surface area (Å²) in [5, 5.41) is 3.20. The van der Waals surface area contributed by atoms with E-state index >= 15 is 0 Å². The highest BCUT2D eigenvalue weighted by atomic mass is 32.2. The smallest absolute Gasteiger partial charge is 0.257 e. The number of nitrogens with one attached hydrogen (secondary N) is 1. The number of thiazole rings is 1. The van der Waals surface area contributed by atoms with Gasteiger partial charge in [0.1, 0.15) is 0 Å². The number of fused-ring (bicyclic) bond motifs is 2. The largest absolute Gasteiger partial charge is 0.493 e. The maximum atomic E-state index is 13.2. The topological polar surface area (TPSA) is 97.8 Å². The van der Waals surface area contributed by atoms with Gasteiger partial charge in [0, 0.05) is 30.8 Å². The number of hydrogen-bond donors (Lipinski definition) is 1. The Bertz CT molecular complexity index is 1470. The number of methoxy groups -OCH3 is 2. The number of nitrogens with zero attached hydrogens (tertiary/aromatic N) is 2. The zero-order valence-corrected chi connectivity index (χ0v) is 20.8. The first-order valence-electron chi connectivity index (χ1n) is 10.9. The van der Waals surface area contributed by atoms with Crippen LogP contribution in [0.25, 0.3) is 10.2 Å². The molecule has 1 aliphatic rings. The van der Waals surface area contributed by atoms with Crippen LogP contribution >= 0.6 is 11.3 Å². The zero-order valence-electron chi connectivity index (χ0n) is 19.1. The molecular weight excluding hydrogens is 486 g/mol. The second-order valence-corrected chi connectivity index (χ2v) is 11.0. The predicted molar refractivity (Wildman–Crippen MR) is 135 cm³/mol. The monoisotopic (exact) mass is 509 g/mol. The summed E-state index contributed by atoms with van der Waals surface area (Å²) in [6, 6.07) is 17.4. The van der Waals surface area contributed by atoms with Gasteiger partial charge in [-0.05, 0) is 41.8 Å². The zero-order chi connectivity index (χ0) is 24.6. The molecule has 1 amide bonds. The minimum Gasteiger partial charge on any atom is -0.493 e. The van der Waals surface area contributed by atoms with E-state index < -0.39 is 10.0 Å². The summed E-state index contributed by atoms with van der Waals surface area (Å²) in [4.78, 5) is 17.4. The van der Waals surface area contributed by atoms with Crippen LogP contribution in [0.2, 0.25) is 0 Å². The second-order valence-electron chi connectivity index (χ2n) is 8.03. The van der Waals surface area contributed by atoms with Gasteiger partial charge < -0.3 is 9.47 Å². The summed E-state index contributed by atoms with van der Waals surface area (Å²) < 4.78 is 39.3. The molecular formula is C25H23N3O5S2. The molecule has 1 aliphatic heterocycles. The Labute approximate surface area is 207 Å². The van der Waals surface area contributed by atoms with E-state index in [0.29, 0.717) is 47.2 Å². The van der Waals surface area contributed by atoms with Crippen molar-refractivity contribution in [1.29, 1.82) is 0 Å². The summed E-state index contributed by atoms with van der Waals surface area (Å²) in [6.45, 7) is 0.767. The SMILES string of the molecule is COc1cc2nc(NC(=O)c3ccc(S(=O)(=O)N4CCc5ccccc5C4)cc3)sc2cc1OC. The van der Waals surface area contributed by atoms with E-state index in [-0.39, 0.29) is 10.8 Å². The number of carbonyl (C=O) groups is 1. The van der Waals surface area contributed by atoms with Gasteiger partial charge in [0.05, 0.1) is 29.3 Å². The fourth-order valence-electron chi connectivity index (χ4n) is 4.08. The third-order valence-electron chi connectivity index (χ3n) is 5.96. The molecule has 0 saturated carbocycles. The van der Waals surface area contributed by atoms with Crippen molar-refractivity contribution in [3.8, 4) is 11.5 Å². The van der Waals surface area contributed by atoms with Gasteiger partial charge in [0.25, 0.3) is 5.91 Å². The van der Waals surface area contributed by atoms with Gasteiger partial charge in [0.2, 0.25) is 10.0 Å². The lowest BCUT2D eigenvalue weighted by molar-refractivity contribution is 0.102. The number of sulfonamides is 1. The number of anilines is 1. The van der Waals surface area contributed by atoms with E-state index in [1.54, 1.807) is 26.4 Å². The summed E-state index contributed by atoms with van der Waals surface area (Å²) in [6.07, 6.45) is 0.676. The number of rotatable bonds is 6. The molecule has 4 aromatic rings. The summed E-state index contributed by atoms with van der Waals surface area (Å²) in [5.41, 5.74) is 3.21.